The number of hydrogen-bond acceptors (Lipinski definition) is 17. The minimum atomic E-state index is -2.29. The highest BCUT2D eigenvalue weighted by atomic mass is 28.4. The van der Waals surface area contributed by atoms with E-state index in [4.69, 9.17) is 32.8 Å². The first-order chi connectivity index (χ1) is 43.3. The van der Waals surface area contributed by atoms with Crippen LogP contribution in [0.1, 0.15) is 167 Å². The van der Waals surface area contributed by atoms with E-state index in [1.807, 2.05) is 141 Å². The van der Waals surface area contributed by atoms with E-state index in [0.717, 1.165) is 48.7 Å². The van der Waals surface area contributed by atoms with Crippen LogP contribution in [-0.4, -0.2) is 199 Å². The number of ether oxygens (including phenoxy) is 6. The zero-order chi connectivity index (χ0) is 68.0. The number of aliphatic hydroxyl groups excluding tert-OH is 1. The number of carbonyl (C=O) groups is 4. The lowest BCUT2D eigenvalue weighted by Gasteiger charge is -2.42. The van der Waals surface area contributed by atoms with Crippen LogP contribution in [0.2, 0.25) is 18.1 Å². The molecular formula is C74H120N6O13Si. The lowest BCUT2D eigenvalue weighted by atomic mass is 9.88. The number of aliphatic hydroxyl groups is 2. The van der Waals surface area contributed by atoms with E-state index in [9.17, 15) is 29.4 Å². The summed E-state index contributed by atoms with van der Waals surface area (Å²) in [7, 11) is 1.77. The monoisotopic (exact) mass is 1330 g/mol. The number of esters is 2. The SMILES string of the molecule is C.C.C/C(=C\C=C\[C@@H](C)c1ccccn1)[C@H]1OC(=O)C[C@H](O)CC[C@@](C)(O)[C@@H](OC(=O)N2CCN(C)CC2)/C=C/[C@@H]1C.CCOC(C)O[C@]1(C)CC[C@@H](O[Si](C)(C)C(C)(C)C)CC(=O)O[C@H](/C(C)=C/C=C/[C@@H](C)c2ccccn2)[C@@H](C)/C=C/[C@@H]1OC(=O)N1CCN(C)CC1. The molecule has 4 aliphatic rings. The van der Waals surface area contributed by atoms with Gasteiger partial charge >= 0.3 is 24.1 Å². The molecule has 528 valence electrons. The number of likely N-dealkylation sites (N-methyl/N-ethyl adjacent to an activating group) is 2. The van der Waals surface area contributed by atoms with Crippen molar-refractivity contribution in [1.82, 2.24) is 29.6 Å². The van der Waals surface area contributed by atoms with E-state index >= 15 is 0 Å². The number of piperazine rings is 2. The molecule has 0 bridgehead atoms. The molecular weight excluding hydrogens is 1210 g/mol. The number of amides is 2. The fourth-order valence-electron chi connectivity index (χ4n) is 11.1. The van der Waals surface area contributed by atoms with Crippen molar-refractivity contribution in [1.29, 1.82) is 0 Å². The van der Waals surface area contributed by atoms with Crippen molar-refractivity contribution in [2.24, 2.45) is 11.8 Å². The Bertz CT molecular complexity index is 2810. The largest absolute Gasteiger partial charge is 0.457 e. The third-order valence-electron chi connectivity index (χ3n) is 18.4. The normalized spacial score (nSPS) is 28.8. The Morgan fingerprint density at radius 1 is 0.702 bits per heavy atom. The number of carbonyl (C=O) groups excluding carboxylic acids is 4. The van der Waals surface area contributed by atoms with Gasteiger partial charge in [-0.3, -0.25) is 19.6 Å². The maximum Gasteiger partial charge on any atom is 0.410 e. The summed E-state index contributed by atoms with van der Waals surface area (Å²) in [6, 6.07) is 11.7. The summed E-state index contributed by atoms with van der Waals surface area (Å²) >= 11 is 0. The molecule has 13 atom stereocenters. The molecule has 2 aromatic heterocycles. The molecule has 2 N–H and O–H groups in total. The van der Waals surface area contributed by atoms with Crippen molar-refractivity contribution >= 4 is 32.4 Å². The predicted octanol–water partition coefficient (Wildman–Crippen LogP) is 13.4. The summed E-state index contributed by atoms with van der Waals surface area (Å²) in [6.07, 6.45) is 18.4. The van der Waals surface area contributed by atoms with Crippen LogP contribution in [0.25, 0.3) is 0 Å². The van der Waals surface area contributed by atoms with E-state index in [2.05, 4.69) is 80.6 Å². The molecule has 20 heteroatoms. The van der Waals surface area contributed by atoms with Gasteiger partial charge in [-0.15, -0.1) is 0 Å². The van der Waals surface area contributed by atoms with E-state index in [-0.39, 0.29) is 81.3 Å². The van der Waals surface area contributed by atoms with Gasteiger partial charge in [0.1, 0.15) is 23.4 Å². The van der Waals surface area contributed by atoms with Crippen molar-refractivity contribution in [3.63, 3.8) is 0 Å². The quantitative estimate of drug-likeness (QED) is 0.0399. The van der Waals surface area contributed by atoms with Gasteiger partial charge in [0.15, 0.2) is 26.8 Å². The summed E-state index contributed by atoms with van der Waals surface area (Å²) < 4.78 is 43.8. The van der Waals surface area contributed by atoms with Crippen molar-refractivity contribution in [3.8, 4) is 0 Å². The van der Waals surface area contributed by atoms with Crippen LogP contribution in [0, 0.1) is 11.8 Å². The van der Waals surface area contributed by atoms with Gasteiger partial charge in [0, 0.05) is 106 Å². The van der Waals surface area contributed by atoms with Gasteiger partial charge in [-0.25, -0.2) is 9.59 Å². The summed E-state index contributed by atoms with van der Waals surface area (Å²) in [5.41, 5.74) is 1.22. The van der Waals surface area contributed by atoms with Gasteiger partial charge < -0.3 is 62.7 Å². The number of pyridine rings is 2. The van der Waals surface area contributed by atoms with Gasteiger partial charge in [-0.2, -0.15) is 0 Å². The van der Waals surface area contributed by atoms with Crippen LogP contribution in [0.4, 0.5) is 9.59 Å². The molecule has 2 saturated heterocycles. The third kappa shape index (κ3) is 26.3. The second-order valence-corrected chi connectivity index (χ2v) is 32.4. The van der Waals surface area contributed by atoms with Crippen molar-refractivity contribution in [3.05, 3.63) is 132 Å². The first kappa shape index (κ1) is 82.4. The Balaban J connectivity index is 0.000000495. The van der Waals surface area contributed by atoms with Crippen LogP contribution in [0.3, 0.4) is 0 Å². The average Bonchev–Trinajstić information content (AvgIpc) is 0.822. The van der Waals surface area contributed by atoms with E-state index in [1.54, 1.807) is 35.2 Å². The molecule has 0 spiro atoms. The lowest BCUT2D eigenvalue weighted by Crippen LogP contribution is -2.52. The molecule has 2 aromatic rings. The second-order valence-electron chi connectivity index (χ2n) is 27.6. The summed E-state index contributed by atoms with van der Waals surface area (Å²) in [6.45, 7) is 36.1. The molecule has 0 aromatic carbocycles. The minimum Gasteiger partial charge on any atom is -0.457 e. The molecule has 2 fully saturated rings. The van der Waals surface area contributed by atoms with Gasteiger partial charge in [-0.1, -0.05) is 124 Å². The Hall–Kier alpha value is -5.84. The highest BCUT2D eigenvalue weighted by Gasteiger charge is 2.44. The Labute approximate surface area is 566 Å². The summed E-state index contributed by atoms with van der Waals surface area (Å²) in [5, 5.41) is 21.8. The number of aromatic nitrogens is 2. The molecule has 0 radical (unpaired) electrons. The molecule has 4 aliphatic heterocycles. The predicted molar refractivity (Wildman–Crippen MR) is 377 cm³/mol. The molecule has 0 saturated carbocycles. The fourth-order valence-corrected chi connectivity index (χ4v) is 12.5. The van der Waals surface area contributed by atoms with Crippen LogP contribution in [-0.2, 0) is 42.4 Å². The molecule has 0 aliphatic carbocycles. The second kappa shape index (κ2) is 38.8. The van der Waals surface area contributed by atoms with Gasteiger partial charge in [0.25, 0.3) is 0 Å². The number of allylic oxidation sites excluding steroid dienone is 6. The standard InChI is InChI=1S/C41H67N3O7Si.C31H45N3O6.2CH4/c1-13-47-33(5)50-41(9)23-22-34(51-52(11,12)40(6,7)8)29-37(45)49-38(31(3)18-16-17-30(2)35-19-14-15-24-42-35)32(4)20-21-36(41)48-39(46)44-27-25-43(10)26-28-44;1-22(26-11-6-7-16-32-26)9-8-10-23(2)29-24(3)12-13-27(39-30(37)34-19-17-33(5)18-20-34)31(4,38)15-14-25(35)21-28(36)40-29;;/h14-21,24,30,32-34,36,38H,13,22-23,25-29H2,1-12H3;6-13,16,22,24-25,27,29,35,38H,14-15,17-21H2,1-5H3;2*1H4/b17-16+,21-20+,31-18+;9-8+,13-12+,23-10+;;/t30-,32+,33?,34-,36+,38-,41-;22-,24+,25-,27+,29-,31-;;/m11../s1. The number of hydrogen-bond donors (Lipinski definition) is 2. The van der Waals surface area contributed by atoms with Gasteiger partial charge in [0.05, 0.1) is 25.0 Å². The van der Waals surface area contributed by atoms with Crippen LogP contribution in [0.5, 0.6) is 0 Å². The molecule has 6 heterocycles. The molecule has 94 heavy (non-hydrogen) atoms. The van der Waals surface area contributed by atoms with Crippen molar-refractivity contribution in [2.45, 2.75) is 227 Å². The lowest BCUT2D eigenvalue weighted by molar-refractivity contribution is -0.222. The van der Waals surface area contributed by atoms with Gasteiger partial charge in [0.2, 0.25) is 0 Å². The molecule has 19 nitrogen and oxygen atoms in total. The zero-order valence-corrected chi connectivity index (χ0v) is 59.4. The topological polar surface area (TPSA) is 212 Å². The van der Waals surface area contributed by atoms with Gasteiger partial charge in [-0.05, 0) is 147 Å². The van der Waals surface area contributed by atoms with Crippen LogP contribution >= 0.6 is 0 Å². The molecule has 1 unspecified atom stereocenters. The maximum atomic E-state index is 13.8. The first-order valence-corrected chi connectivity index (χ1v) is 36.1. The number of cyclic esters (lactones) is 2. The van der Waals surface area contributed by atoms with Crippen molar-refractivity contribution in [2.75, 3.05) is 73.1 Å². The highest BCUT2D eigenvalue weighted by molar-refractivity contribution is 6.74. The first-order valence-electron chi connectivity index (χ1n) is 33.2. The van der Waals surface area contributed by atoms with Crippen molar-refractivity contribution < 1.29 is 62.2 Å². The smallest absolute Gasteiger partial charge is 0.410 e. The maximum absolute atomic E-state index is 13.8. The van der Waals surface area contributed by atoms with Crippen LogP contribution in [0.15, 0.2) is 121 Å². The van der Waals surface area contributed by atoms with E-state index < -0.39 is 74.5 Å². The van der Waals surface area contributed by atoms with Crippen LogP contribution < -0.4 is 0 Å². The zero-order valence-electron chi connectivity index (χ0n) is 58.4. The highest BCUT2D eigenvalue weighted by Crippen LogP contribution is 2.40. The van der Waals surface area contributed by atoms with E-state index in [0.29, 0.717) is 45.6 Å². The summed E-state index contributed by atoms with van der Waals surface area (Å²) in [4.78, 5) is 69.8. The average molecular weight is 1330 g/mol. The third-order valence-corrected chi connectivity index (χ3v) is 23.0. The fraction of sp³-hybridized carbons (Fsp3) is 0.649. The molecule has 6 rings (SSSR count). The Morgan fingerprint density at radius 3 is 1.59 bits per heavy atom. The minimum absolute atomic E-state index is 0. The van der Waals surface area contributed by atoms with E-state index in [1.165, 1.54) is 0 Å². The Morgan fingerprint density at radius 2 is 1.15 bits per heavy atom. The summed E-state index contributed by atoms with van der Waals surface area (Å²) in [5.74, 6) is -1.14. The number of rotatable bonds is 16. The Kier molecular flexibility index (Phi) is 34.0. The number of nitrogens with zero attached hydrogens (tertiary/aromatic N) is 6. The molecule has 2 amide bonds.